The monoisotopic (exact) mass is 236 g/mol. The second kappa shape index (κ2) is 6.42. The maximum Gasteiger partial charge on any atom is 0.208 e. The molecule has 2 N–H and O–H groups in total. The van der Waals surface area contributed by atoms with E-state index in [4.69, 9.17) is 4.74 Å². The summed E-state index contributed by atoms with van der Waals surface area (Å²) < 4.78 is 29.3. The molecule has 1 atom stereocenters. The Morgan fingerprint density at radius 2 is 2.20 bits per heavy atom. The summed E-state index contributed by atoms with van der Waals surface area (Å²) in [7, 11) is -3.03. The van der Waals surface area contributed by atoms with Crippen LogP contribution in [0.2, 0.25) is 0 Å². The molecule has 90 valence electrons. The quantitative estimate of drug-likeness (QED) is 0.595. The minimum Gasteiger partial charge on any atom is -0.377 e. The summed E-state index contributed by atoms with van der Waals surface area (Å²) in [5, 5.41) is 3.25. The van der Waals surface area contributed by atoms with Gasteiger partial charge in [-0.15, -0.1) is 0 Å². The van der Waals surface area contributed by atoms with Gasteiger partial charge in [-0.05, 0) is 25.8 Å². The van der Waals surface area contributed by atoms with Crippen molar-refractivity contribution < 1.29 is 13.2 Å². The molecule has 1 unspecified atom stereocenters. The van der Waals surface area contributed by atoms with Gasteiger partial charge in [-0.3, -0.25) is 0 Å². The van der Waals surface area contributed by atoms with Crippen molar-refractivity contribution in [2.45, 2.75) is 25.4 Å². The number of sulfonamides is 1. The number of hydrogen-bond acceptors (Lipinski definition) is 4. The Hall–Kier alpha value is -0.170. The molecule has 6 heteroatoms. The molecule has 0 amide bonds. The van der Waals surface area contributed by atoms with Crippen molar-refractivity contribution in [1.29, 1.82) is 0 Å². The Labute approximate surface area is 91.6 Å². The predicted octanol–water partition coefficient (Wildman–Crippen LogP) is -0.306. The molecule has 1 rings (SSSR count). The zero-order valence-corrected chi connectivity index (χ0v) is 9.98. The Bertz CT molecular complexity index is 261. The minimum absolute atomic E-state index is 0.355. The molecule has 0 spiro atoms. The molecule has 5 nitrogen and oxygen atoms in total. The first-order valence-electron chi connectivity index (χ1n) is 5.35. The molecule has 1 heterocycles. The zero-order valence-electron chi connectivity index (χ0n) is 9.16. The van der Waals surface area contributed by atoms with Crippen LogP contribution in [0.15, 0.2) is 0 Å². The van der Waals surface area contributed by atoms with E-state index in [1.807, 2.05) is 0 Å². The van der Waals surface area contributed by atoms with Gasteiger partial charge in [0.15, 0.2) is 0 Å². The van der Waals surface area contributed by atoms with E-state index in [0.717, 1.165) is 39.0 Å². The lowest BCUT2D eigenvalue weighted by Gasteiger charge is -2.10. The van der Waals surface area contributed by atoms with Crippen LogP contribution in [0.1, 0.15) is 19.3 Å². The summed E-state index contributed by atoms with van der Waals surface area (Å²) in [4.78, 5) is 0. The first-order chi connectivity index (χ1) is 7.08. The number of hydrogen-bond donors (Lipinski definition) is 2. The second-order valence-corrected chi connectivity index (χ2v) is 5.69. The largest absolute Gasteiger partial charge is 0.377 e. The lowest BCUT2D eigenvalue weighted by molar-refractivity contribution is 0.110. The normalized spacial score (nSPS) is 22.1. The van der Waals surface area contributed by atoms with Crippen molar-refractivity contribution in [2.24, 2.45) is 0 Å². The summed E-state index contributed by atoms with van der Waals surface area (Å²) in [5.41, 5.74) is 0. The van der Waals surface area contributed by atoms with E-state index >= 15 is 0 Å². The van der Waals surface area contributed by atoms with Gasteiger partial charge < -0.3 is 10.1 Å². The highest BCUT2D eigenvalue weighted by Gasteiger charge is 2.13. The highest BCUT2D eigenvalue weighted by Crippen LogP contribution is 2.10. The molecular weight excluding hydrogens is 216 g/mol. The van der Waals surface area contributed by atoms with E-state index in [1.165, 1.54) is 6.26 Å². The fourth-order valence-corrected chi connectivity index (χ4v) is 2.05. The maximum atomic E-state index is 10.7. The molecule has 0 saturated carbocycles. The lowest BCUT2D eigenvalue weighted by Crippen LogP contribution is -2.30. The van der Waals surface area contributed by atoms with Crippen LogP contribution < -0.4 is 10.0 Å². The van der Waals surface area contributed by atoms with Gasteiger partial charge in [-0.25, -0.2) is 13.1 Å². The number of rotatable bonds is 7. The molecule has 1 aliphatic rings. The van der Waals surface area contributed by atoms with Gasteiger partial charge in [0.2, 0.25) is 10.0 Å². The van der Waals surface area contributed by atoms with Crippen LogP contribution >= 0.6 is 0 Å². The fraction of sp³-hybridized carbons (Fsp3) is 1.00. The number of ether oxygens (including phenoxy) is 1. The molecule has 1 aliphatic heterocycles. The topological polar surface area (TPSA) is 67.4 Å². The van der Waals surface area contributed by atoms with E-state index in [-0.39, 0.29) is 0 Å². The third-order valence-electron chi connectivity index (χ3n) is 2.29. The van der Waals surface area contributed by atoms with Gasteiger partial charge in [-0.2, -0.15) is 0 Å². The van der Waals surface area contributed by atoms with E-state index in [0.29, 0.717) is 12.6 Å². The molecule has 0 aromatic rings. The zero-order chi connectivity index (χ0) is 11.1. The lowest BCUT2D eigenvalue weighted by atomic mass is 10.2. The summed E-state index contributed by atoms with van der Waals surface area (Å²) in [5.74, 6) is 0. The van der Waals surface area contributed by atoms with Crippen molar-refractivity contribution >= 4 is 10.0 Å². The van der Waals surface area contributed by atoms with Crippen LogP contribution in [0.3, 0.4) is 0 Å². The summed E-state index contributed by atoms with van der Waals surface area (Å²) >= 11 is 0. The first kappa shape index (κ1) is 12.9. The smallest absolute Gasteiger partial charge is 0.208 e. The highest BCUT2D eigenvalue weighted by atomic mass is 32.2. The van der Waals surface area contributed by atoms with E-state index in [2.05, 4.69) is 10.0 Å². The molecule has 0 bridgehead atoms. The molecule has 0 aromatic carbocycles. The standard InChI is InChI=1S/C9H20N2O3S/c1-15(12,13)11-6-3-5-10-8-9-4-2-7-14-9/h9-11H,2-8H2,1H3. The fourth-order valence-electron chi connectivity index (χ4n) is 1.54. The molecule has 15 heavy (non-hydrogen) atoms. The Morgan fingerprint density at radius 3 is 2.80 bits per heavy atom. The van der Waals surface area contributed by atoms with Crippen molar-refractivity contribution in [3.05, 3.63) is 0 Å². The van der Waals surface area contributed by atoms with Crippen LogP contribution in [0.4, 0.5) is 0 Å². The van der Waals surface area contributed by atoms with Gasteiger partial charge >= 0.3 is 0 Å². The average molecular weight is 236 g/mol. The van der Waals surface area contributed by atoms with Crippen molar-refractivity contribution in [3.8, 4) is 0 Å². The molecule has 1 fully saturated rings. The minimum atomic E-state index is -3.03. The van der Waals surface area contributed by atoms with Gasteiger partial charge in [0, 0.05) is 19.7 Å². The Kier molecular flexibility index (Phi) is 5.52. The molecule has 0 aromatic heterocycles. The van der Waals surface area contributed by atoms with Crippen molar-refractivity contribution in [2.75, 3.05) is 32.5 Å². The number of nitrogens with one attached hydrogen (secondary N) is 2. The van der Waals surface area contributed by atoms with Gasteiger partial charge in [0.05, 0.1) is 12.4 Å². The SMILES string of the molecule is CS(=O)(=O)NCCCNCC1CCCO1. The molecule has 0 aliphatic carbocycles. The highest BCUT2D eigenvalue weighted by molar-refractivity contribution is 7.88. The first-order valence-corrected chi connectivity index (χ1v) is 7.24. The van der Waals surface area contributed by atoms with Crippen molar-refractivity contribution in [3.63, 3.8) is 0 Å². The van der Waals surface area contributed by atoms with E-state index in [1.54, 1.807) is 0 Å². The van der Waals surface area contributed by atoms with E-state index in [9.17, 15) is 8.42 Å². The maximum absolute atomic E-state index is 10.7. The van der Waals surface area contributed by atoms with Crippen LogP contribution in [0, 0.1) is 0 Å². The summed E-state index contributed by atoms with van der Waals surface area (Å²) in [6, 6.07) is 0. The van der Waals surface area contributed by atoms with Gasteiger partial charge in [0.25, 0.3) is 0 Å². The van der Waals surface area contributed by atoms with Crippen molar-refractivity contribution in [1.82, 2.24) is 10.0 Å². The van der Waals surface area contributed by atoms with Gasteiger partial charge in [0.1, 0.15) is 0 Å². The third kappa shape index (κ3) is 6.83. The average Bonchev–Trinajstić information content (AvgIpc) is 2.61. The van der Waals surface area contributed by atoms with E-state index < -0.39 is 10.0 Å². The van der Waals surface area contributed by atoms with Crippen LogP contribution in [0.5, 0.6) is 0 Å². The molecule has 1 saturated heterocycles. The van der Waals surface area contributed by atoms with Crippen LogP contribution in [-0.4, -0.2) is 47.0 Å². The second-order valence-electron chi connectivity index (χ2n) is 3.86. The Morgan fingerprint density at radius 1 is 1.40 bits per heavy atom. The summed E-state index contributed by atoms with van der Waals surface area (Å²) in [6.07, 6.45) is 4.62. The van der Waals surface area contributed by atoms with Crippen LogP contribution in [-0.2, 0) is 14.8 Å². The molecular formula is C9H20N2O3S. The Balaban J connectivity index is 1.89. The van der Waals surface area contributed by atoms with Crippen LogP contribution in [0.25, 0.3) is 0 Å². The van der Waals surface area contributed by atoms with Gasteiger partial charge in [-0.1, -0.05) is 0 Å². The molecule has 0 radical (unpaired) electrons. The predicted molar refractivity (Wildman–Crippen MR) is 59.3 cm³/mol. The summed E-state index contributed by atoms with van der Waals surface area (Å²) in [6.45, 7) is 3.07. The third-order valence-corrected chi connectivity index (χ3v) is 3.02.